The van der Waals surface area contributed by atoms with Crippen LogP contribution in [0.25, 0.3) is 22.2 Å². The molecule has 2 N–H and O–H groups in total. The van der Waals surface area contributed by atoms with Crippen LogP contribution in [0.1, 0.15) is 44.7 Å². The van der Waals surface area contributed by atoms with E-state index in [4.69, 9.17) is 0 Å². The Hall–Kier alpha value is -3.84. The van der Waals surface area contributed by atoms with E-state index in [2.05, 4.69) is 20.0 Å². The number of nitrogens with one attached hydrogen (secondary N) is 2. The average molecular weight is 631 g/mol. The fraction of sp³-hybridized carbons (Fsp3) is 0.387. The van der Waals surface area contributed by atoms with Crippen LogP contribution < -0.4 is 15.6 Å². The Labute approximate surface area is 255 Å². The molecule has 4 atom stereocenters. The van der Waals surface area contributed by atoms with E-state index in [1.807, 2.05) is 19.0 Å². The van der Waals surface area contributed by atoms with Gasteiger partial charge in [0.1, 0.15) is 28.5 Å². The standard InChI is InChI=1S/C31H34F4N6O2S/c1-17(2)41-29-19(15-36-31(38-29)37-20-10-11-25(40(3)4)23(32)13-20)12-22(30(41)42)21-14-24(33)28(27(35)26(21)34)39-44(43)16-18-8-6-5-7-9-18/h5-9,12,14-15,17,20,23,25,39H,10-11,13,16H2,1-4H3,(H,36,37,38). The molecular formula is C31H34F4N6O2S. The smallest absolute Gasteiger partial charge is 0.260 e. The van der Waals surface area contributed by atoms with Crippen molar-refractivity contribution in [1.82, 2.24) is 19.4 Å². The molecule has 234 valence electrons. The summed E-state index contributed by atoms with van der Waals surface area (Å²) in [5, 5.41) is 3.51. The molecular weight excluding hydrogens is 596 g/mol. The number of anilines is 2. The third-order valence-corrected chi connectivity index (χ3v) is 8.86. The van der Waals surface area contributed by atoms with Crippen LogP contribution in [-0.4, -0.2) is 56.0 Å². The van der Waals surface area contributed by atoms with E-state index in [0.29, 0.717) is 29.9 Å². The topological polar surface area (TPSA) is 92.1 Å². The van der Waals surface area contributed by atoms with Gasteiger partial charge >= 0.3 is 0 Å². The maximum Gasteiger partial charge on any atom is 0.260 e. The van der Waals surface area contributed by atoms with Gasteiger partial charge in [0, 0.05) is 41.7 Å². The number of alkyl halides is 1. The third-order valence-electron chi connectivity index (χ3n) is 7.83. The predicted molar refractivity (Wildman–Crippen MR) is 165 cm³/mol. The first-order valence-corrected chi connectivity index (χ1v) is 15.6. The number of hydrogen-bond acceptors (Lipinski definition) is 6. The maximum absolute atomic E-state index is 15.4. The molecule has 2 aromatic carbocycles. The van der Waals surface area contributed by atoms with Gasteiger partial charge in [-0.25, -0.2) is 26.8 Å². The zero-order valence-corrected chi connectivity index (χ0v) is 25.6. The first-order chi connectivity index (χ1) is 20.9. The Bertz CT molecular complexity index is 1750. The van der Waals surface area contributed by atoms with Crippen LogP contribution in [-0.2, 0) is 16.7 Å². The molecule has 4 aromatic rings. The second-order valence-electron chi connectivity index (χ2n) is 11.5. The van der Waals surface area contributed by atoms with Gasteiger partial charge < -0.3 is 10.2 Å². The van der Waals surface area contributed by atoms with Gasteiger partial charge in [-0.1, -0.05) is 30.3 Å². The minimum atomic E-state index is -1.95. The number of pyridine rings is 1. The lowest BCUT2D eigenvalue weighted by Gasteiger charge is -2.35. The lowest BCUT2D eigenvalue weighted by molar-refractivity contribution is 0.109. The van der Waals surface area contributed by atoms with Crippen LogP contribution in [0.2, 0.25) is 0 Å². The average Bonchev–Trinajstić information content (AvgIpc) is 2.97. The highest BCUT2D eigenvalue weighted by Gasteiger charge is 2.32. The molecule has 5 rings (SSSR count). The Morgan fingerprint density at radius 1 is 1.07 bits per heavy atom. The molecule has 0 amide bonds. The molecule has 8 nitrogen and oxygen atoms in total. The SMILES string of the molecule is CC(C)n1c(=O)c(-c2cc(F)c(NS(=O)Cc3ccccc3)c(F)c2F)cc2cnc(NC3CCC(N(C)C)C(F)C3)nc21. The number of rotatable bonds is 9. The van der Waals surface area contributed by atoms with Crippen molar-refractivity contribution in [2.75, 3.05) is 24.1 Å². The van der Waals surface area contributed by atoms with E-state index in [1.165, 1.54) is 16.8 Å². The molecule has 44 heavy (non-hydrogen) atoms. The summed E-state index contributed by atoms with van der Waals surface area (Å²) in [4.78, 5) is 24.4. The zero-order chi connectivity index (χ0) is 31.7. The number of aromatic nitrogens is 3. The van der Waals surface area contributed by atoms with Crippen LogP contribution >= 0.6 is 0 Å². The van der Waals surface area contributed by atoms with E-state index in [0.717, 1.165) is 0 Å². The molecule has 2 aromatic heterocycles. The molecule has 0 radical (unpaired) electrons. The zero-order valence-electron chi connectivity index (χ0n) is 24.8. The van der Waals surface area contributed by atoms with Gasteiger partial charge in [0.05, 0.1) is 11.3 Å². The van der Waals surface area contributed by atoms with Crippen LogP contribution in [0.5, 0.6) is 0 Å². The van der Waals surface area contributed by atoms with Gasteiger partial charge in [0.2, 0.25) is 5.95 Å². The summed E-state index contributed by atoms with van der Waals surface area (Å²) in [5.41, 5.74) is -1.58. The van der Waals surface area contributed by atoms with Gasteiger partial charge in [0.15, 0.2) is 17.5 Å². The van der Waals surface area contributed by atoms with E-state index < -0.39 is 57.5 Å². The fourth-order valence-electron chi connectivity index (χ4n) is 5.62. The van der Waals surface area contributed by atoms with Crippen molar-refractivity contribution >= 4 is 33.7 Å². The van der Waals surface area contributed by atoms with Crippen molar-refractivity contribution in [3.63, 3.8) is 0 Å². The van der Waals surface area contributed by atoms with Crippen molar-refractivity contribution in [2.45, 2.75) is 63.2 Å². The molecule has 1 aliphatic carbocycles. The lowest BCUT2D eigenvalue weighted by Crippen LogP contribution is -2.44. The Morgan fingerprint density at radius 3 is 2.45 bits per heavy atom. The molecule has 1 saturated carbocycles. The van der Waals surface area contributed by atoms with Gasteiger partial charge in [-0.2, -0.15) is 4.98 Å². The number of fused-ring (bicyclic) bond motifs is 1. The van der Waals surface area contributed by atoms with Crippen molar-refractivity contribution in [1.29, 1.82) is 0 Å². The Morgan fingerprint density at radius 2 is 1.80 bits per heavy atom. The molecule has 0 bridgehead atoms. The number of halogens is 4. The maximum atomic E-state index is 15.4. The summed E-state index contributed by atoms with van der Waals surface area (Å²) >= 11 is 0. The molecule has 1 aliphatic rings. The van der Waals surface area contributed by atoms with Crippen LogP contribution in [0, 0.1) is 17.5 Å². The van der Waals surface area contributed by atoms with Crippen molar-refractivity contribution in [3.05, 3.63) is 82.0 Å². The predicted octanol–water partition coefficient (Wildman–Crippen LogP) is 5.97. The molecule has 0 spiro atoms. The van der Waals surface area contributed by atoms with Crippen LogP contribution in [0.4, 0.5) is 29.2 Å². The summed E-state index contributed by atoms with van der Waals surface area (Å²) < 4.78 is 76.6. The fourth-order valence-corrected chi connectivity index (χ4v) is 6.60. The molecule has 13 heteroatoms. The first kappa shape index (κ1) is 31.6. The Balaban J connectivity index is 1.46. The first-order valence-electron chi connectivity index (χ1n) is 14.3. The van der Waals surface area contributed by atoms with Gasteiger partial charge in [-0.05, 0) is 58.5 Å². The largest absolute Gasteiger partial charge is 0.351 e. The number of hydrogen-bond donors (Lipinski definition) is 2. The normalized spacial score (nSPS) is 19.5. The van der Waals surface area contributed by atoms with Crippen molar-refractivity contribution in [3.8, 4) is 11.1 Å². The van der Waals surface area contributed by atoms with E-state index in [1.54, 1.807) is 44.2 Å². The summed E-state index contributed by atoms with van der Waals surface area (Å²) in [6, 6.07) is 9.82. The number of benzene rings is 2. The van der Waals surface area contributed by atoms with Gasteiger partial charge in [-0.3, -0.25) is 14.1 Å². The summed E-state index contributed by atoms with van der Waals surface area (Å²) in [6.45, 7) is 3.45. The van der Waals surface area contributed by atoms with E-state index >= 15 is 13.2 Å². The van der Waals surface area contributed by atoms with Gasteiger partial charge in [0.25, 0.3) is 5.56 Å². The second kappa shape index (κ2) is 13.0. The van der Waals surface area contributed by atoms with Crippen LogP contribution in [0.3, 0.4) is 0 Å². The van der Waals surface area contributed by atoms with E-state index in [-0.39, 0.29) is 41.4 Å². The summed E-state index contributed by atoms with van der Waals surface area (Å²) in [6.07, 6.45) is 2.06. The lowest BCUT2D eigenvalue weighted by atomic mass is 9.89. The van der Waals surface area contributed by atoms with Crippen molar-refractivity contribution < 1.29 is 21.8 Å². The minimum Gasteiger partial charge on any atom is -0.351 e. The minimum absolute atomic E-state index is 0.0601. The highest BCUT2D eigenvalue weighted by atomic mass is 32.2. The highest BCUT2D eigenvalue weighted by molar-refractivity contribution is 7.85. The summed E-state index contributed by atoms with van der Waals surface area (Å²) in [5.74, 6) is -4.12. The van der Waals surface area contributed by atoms with Crippen LogP contribution in [0.15, 0.2) is 53.5 Å². The molecule has 1 fully saturated rings. The molecule has 4 unspecified atom stereocenters. The quantitative estimate of drug-likeness (QED) is 0.175. The van der Waals surface area contributed by atoms with E-state index in [9.17, 15) is 13.4 Å². The summed E-state index contributed by atoms with van der Waals surface area (Å²) in [7, 11) is 1.75. The molecule has 0 aliphatic heterocycles. The Kier molecular flexibility index (Phi) is 9.35. The molecule has 2 heterocycles. The van der Waals surface area contributed by atoms with Crippen molar-refractivity contribution in [2.24, 2.45) is 0 Å². The number of nitrogens with zero attached hydrogens (tertiary/aromatic N) is 4. The second-order valence-corrected chi connectivity index (χ2v) is 12.7. The highest BCUT2D eigenvalue weighted by Crippen LogP contribution is 2.32. The van der Waals surface area contributed by atoms with Gasteiger partial charge in [-0.15, -0.1) is 0 Å². The molecule has 0 saturated heterocycles. The third kappa shape index (κ3) is 6.48. The monoisotopic (exact) mass is 630 g/mol.